The molecule has 0 aromatic heterocycles. The summed E-state index contributed by atoms with van der Waals surface area (Å²) < 4.78 is 38.3. The lowest BCUT2D eigenvalue weighted by molar-refractivity contribution is -0.132. The lowest BCUT2D eigenvalue weighted by Gasteiger charge is -2.30. The van der Waals surface area contributed by atoms with Crippen molar-refractivity contribution in [2.24, 2.45) is 0 Å². The number of nitrogens with zero attached hydrogens (tertiary/aromatic N) is 2. The smallest absolute Gasteiger partial charge is 0.247 e. The molecule has 1 aliphatic carbocycles. The lowest BCUT2D eigenvalue weighted by Crippen LogP contribution is -2.50. The van der Waals surface area contributed by atoms with Crippen LogP contribution in [-0.2, 0) is 14.8 Å². The van der Waals surface area contributed by atoms with Gasteiger partial charge in [0.2, 0.25) is 15.9 Å². The first-order chi connectivity index (χ1) is 12.5. The van der Waals surface area contributed by atoms with Crippen LogP contribution in [0.25, 0.3) is 0 Å². The van der Waals surface area contributed by atoms with Crippen molar-refractivity contribution in [1.82, 2.24) is 14.5 Å². The van der Waals surface area contributed by atoms with E-state index in [4.69, 9.17) is 9.47 Å². The van der Waals surface area contributed by atoms with E-state index in [9.17, 15) is 13.2 Å². The first-order valence-corrected chi connectivity index (χ1v) is 10.1. The Morgan fingerprint density at radius 3 is 2.50 bits per heavy atom. The minimum atomic E-state index is -3.88. The van der Waals surface area contributed by atoms with Gasteiger partial charge >= 0.3 is 0 Å². The molecule has 2 aliphatic rings. The third kappa shape index (κ3) is 3.94. The van der Waals surface area contributed by atoms with Gasteiger partial charge in [0.1, 0.15) is 16.4 Å². The largest absolute Gasteiger partial charge is 0.497 e. The maximum absolute atomic E-state index is 13.3. The second kappa shape index (κ2) is 7.81. The van der Waals surface area contributed by atoms with Gasteiger partial charge in [0.15, 0.2) is 0 Å². The van der Waals surface area contributed by atoms with E-state index >= 15 is 0 Å². The third-order valence-corrected chi connectivity index (χ3v) is 6.59. The monoisotopic (exact) mass is 383 g/mol. The highest BCUT2D eigenvalue weighted by Gasteiger charge is 2.41. The van der Waals surface area contributed by atoms with Crippen molar-refractivity contribution in [3.05, 3.63) is 18.2 Å². The number of carbonyl (C=O) groups excluding carboxylic acids is 1. The van der Waals surface area contributed by atoms with Crippen molar-refractivity contribution in [3.8, 4) is 11.5 Å². The zero-order valence-electron chi connectivity index (χ0n) is 15.1. The molecule has 1 aliphatic heterocycles. The standard InChI is InChI=1S/C17H25N3O5S/c1-24-14-5-6-15(25-2)16(11-14)26(22,23)20(13-3-4-13)12-17(21)19-9-7-18-8-10-19/h5-6,11,13,18H,3-4,7-10,12H2,1-2H3. The van der Waals surface area contributed by atoms with Gasteiger partial charge in [0.05, 0.1) is 20.8 Å². The van der Waals surface area contributed by atoms with E-state index in [1.54, 1.807) is 17.0 Å². The molecular weight excluding hydrogens is 358 g/mol. The number of sulfonamides is 1. The number of methoxy groups -OCH3 is 2. The number of ether oxygens (including phenoxy) is 2. The van der Waals surface area contributed by atoms with E-state index in [0.29, 0.717) is 18.8 Å². The van der Waals surface area contributed by atoms with Crippen molar-refractivity contribution in [2.45, 2.75) is 23.8 Å². The SMILES string of the molecule is COc1ccc(OC)c(S(=O)(=O)N(CC(=O)N2CCNCC2)C2CC2)c1. The number of carbonyl (C=O) groups is 1. The molecule has 1 saturated heterocycles. The number of hydrogen-bond donors (Lipinski definition) is 1. The van der Waals surface area contributed by atoms with Crippen LogP contribution >= 0.6 is 0 Å². The van der Waals surface area contributed by atoms with Gasteiger partial charge in [-0.15, -0.1) is 0 Å². The fourth-order valence-electron chi connectivity index (χ4n) is 3.03. The Morgan fingerprint density at radius 1 is 1.23 bits per heavy atom. The van der Waals surface area contributed by atoms with E-state index in [2.05, 4.69) is 5.32 Å². The molecule has 1 heterocycles. The van der Waals surface area contributed by atoms with Gasteiger partial charge < -0.3 is 19.7 Å². The molecule has 1 aromatic carbocycles. The molecule has 2 fully saturated rings. The van der Waals surface area contributed by atoms with Crippen LogP contribution in [0, 0.1) is 0 Å². The Balaban J connectivity index is 1.88. The van der Waals surface area contributed by atoms with Crippen LogP contribution in [0.5, 0.6) is 11.5 Å². The molecule has 9 heteroatoms. The first kappa shape index (κ1) is 18.9. The van der Waals surface area contributed by atoms with Crippen LogP contribution < -0.4 is 14.8 Å². The average molecular weight is 383 g/mol. The maximum atomic E-state index is 13.3. The summed E-state index contributed by atoms with van der Waals surface area (Å²) in [5.41, 5.74) is 0. The van der Waals surface area contributed by atoms with Gasteiger partial charge in [0.25, 0.3) is 0 Å². The van der Waals surface area contributed by atoms with E-state index in [1.165, 1.54) is 24.6 Å². The van der Waals surface area contributed by atoms with Crippen molar-refractivity contribution in [3.63, 3.8) is 0 Å². The molecule has 1 saturated carbocycles. The van der Waals surface area contributed by atoms with Crippen LogP contribution in [0.2, 0.25) is 0 Å². The fraction of sp³-hybridized carbons (Fsp3) is 0.588. The Kier molecular flexibility index (Phi) is 5.69. The minimum Gasteiger partial charge on any atom is -0.497 e. The van der Waals surface area contributed by atoms with E-state index < -0.39 is 10.0 Å². The summed E-state index contributed by atoms with van der Waals surface area (Å²) in [4.78, 5) is 14.4. The van der Waals surface area contributed by atoms with Crippen molar-refractivity contribution < 1.29 is 22.7 Å². The predicted molar refractivity (Wildman–Crippen MR) is 95.9 cm³/mol. The summed E-state index contributed by atoms with van der Waals surface area (Å²) in [6.07, 6.45) is 1.53. The highest BCUT2D eigenvalue weighted by atomic mass is 32.2. The van der Waals surface area contributed by atoms with Gasteiger partial charge in [-0.25, -0.2) is 8.42 Å². The molecule has 8 nitrogen and oxygen atoms in total. The van der Waals surface area contributed by atoms with Crippen molar-refractivity contribution in [1.29, 1.82) is 0 Å². The number of hydrogen-bond acceptors (Lipinski definition) is 6. The zero-order chi connectivity index (χ0) is 18.7. The molecule has 3 rings (SSSR count). The lowest BCUT2D eigenvalue weighted by atomic mass is 10.3. The van der Waals surface area contributed by atoms with E-state index in [-0.39, 0.29) is 29.1 Å². The molecule has 26 heavy (non-hydrogen) atoms. The van der Waals surface area contributed by atoms with Crippen molar-refractivity contribution in [2.75, 3.05) is 46.9 Å². The van der Waals surface area contributed by atoms with Gasteiger partial charge in [-0.1, -0.05) is 0 Å². The summed E-state index contributed by atoms with van der Waals surface area (Å²) in [6, 6.07) is 4.52. The number of piperazine rings is 1. The second-order valence-electron chi connectivity index (χ2n) is 6.43. The van der Waals surface area contributed by atoms with Gasteiger partial charge in [-0.3, -0.25) is 4.79 Å². The van der Waals surface area contributed by atoms with E-state index in [0.717, 1.165) is 25.9 Å². The number of nitrogens with one attached hydrogen (secondary N) is 1. The van der Waals surface area contributed by atoms with Gasteiger partial charge in [-0.05, 0) is 25.0 Å². The Bertz CT molecular complexity index is 758. The topological polar surface area (TPSA) is 88.2 Å². The molecule has 0 radical (unpaired) electrons. The molecular formula is C17H25N3O5S. The predicted octanol–water partition coefficient (Wildman–Crippen LogP) is 0.289. The summed E-state index contributed by atoms with van der Waals surface area (Å²) in [5.74, 6) is 0.503. The molecule has 0 unspecified atom stereocenters. The normalized spacial score (nSPS) is 18.0. The van der Waals surface area contributed by atoms with E-state index in [1.807, 2.05) is 0 Å². The summed E-state index contributed by atoms with van der Waals surface area (Å²) >= 11 is 0. The number of amides is 1. The third-order valence-electron chi connectivity index (χ3n) is 4.67. The molecule has 1 aromatic rings. The molecule has 1 amide bonds. The summed E-state index contributed by atoms with van der Waals surface area (Å²) in [5, 5.41) is 3.19. The second-order valence-corrected chi connectivity index (χ2v) is 8.29. The van der Waals surface area contributed by atoms with Gasteiger partial charge in [0, 0.05) is 38.3 Å². The average Bonchev–Trinajstić information content (AvgIpc) is 3.50. The summed E-state index contributed by atoms with van der Waals surface area (Å²) in [7, 11) is -0.980. The first-order valence-electron chi connectivity index (χ1n) is 8.69. The van der Waals surface area contributed by atoms with Crippen LogP contribution in [0.15, 0.2) is 23.1 Å². The zero-order valence-corrected chi connectivity index (χ0v) is 15.9. The number of rotatable bonds is 7. The van der Waals surface area contributed by atoms with Crippen LogP contribution in [0.4, 0.5) is 0 Å². The Morgan fingerprint density at radius 2 is 1.92 bits per heavy atom. The van der Waals surface area contributed by atoms with Crippen LogP contribution in [-0.4, -0.2) is 76.5 Å². The molecule has 1 N–H and O–H groups in total. The molecule has 0 spiro atoms. The van der Waals surface area contributed by atoms with Crippen LogP contribution in [0.3, 0.4) is 0 Å². The highest BCUT2D eigenvalue weighted by Crippen LogP contribution is 2.36. The maximum Gasteiger partial charge on any atom is 0.247 e. The molecule has 0 bridgehead atoms. The van der Waals surface area contributed by atoms with Gasteiger partial charge in [-0.2, -0.15) is 4.31 Å². The minimum absolute atomic E-state index is 0.0272. The fourth-order valence-corrected chi connectivity index (χ4v) is 4.84. The van der Waals surface area contributed by atoms with Crippen molar-refractivity contribution >= 4 is 15.9 Å². The quantitative estimate of drug-likeness (QED) is 0.728. The highest BCUT2D eigenvalue weighted by molar-refractivity contribution is 7.89. The molecule has 144 valence electrons. The summed E-state index contributed by atoms with van der Waals surface area (Å²) in [6.45, 7) is 2.50. The molecule has 0 atom stereocenters. The number of benzene rings is 1. The van der Waals surface area contributed by atoms with Crippen LogP contribution in [0.1, 0.15) is 12.8 Å². The Labute approximate surface area is 154 Å². The Hall–Kier alpha value is -1.84.